The number of halogens is 4. The monoisotopic (exact) mass is 484 g/mol. The van der Waals surface area contributed by atoms with Crippen LogP contribution in [0.4, 0.5) is 19.1 Å². The molecule has 0 radical (unpaired) electrons. The van der Waals surface area contributed by atoms with Gasteiger partial charge in [-0.15, -0.1) is 0 Å². The molecule has 2 atom stereocenters. The van der Waals surface area contributed by atoms with Crippen LogP contribution in [0.5, 0.6) is 0 Å². The SMILES string of the molecule is CC(C)[C@@H](Nc1nccc(C(F)(F)F)n1)C(=O)N1CC[C@](O)(c2ccc(Cl)cc2)C(C)(C)C1. The molecular formula is C23H28ClF3N4O2. The number of nitrogens with zero attached hydrogens (tertiary/aromatic N) is 3. The van der Waals surface area contributed by atoms with Crippen LogP contribution in [-0.4, -0.2) is 45.0 Å². The Balaban J connectivity index is 1.80. The van der Waals surface area contributed by atoms with Crippen LogP contribution < -0.4 is 5.32 Å². The molecule has 0 bridgehead atoms. The molecule has 2 aromatic rings. The van der Waals surface area contributed by atoms with Gasteiger partial charge in [-0.25, -0.2) is 9.97 Å². The minimum Gasteiger partial charge on any atom is -0.384 e. The van der Waals surface area contributed by atoms with Gasteiger partial charge < -0.3 is 15.3 Å². The van der Waals surface area contributed by atoms with Crippen molar-refractivity contribution in [2.24, 2.45) is 11.3 Å². The normalized spacial score (nSPS) is 21.7. The third-order valence-corrected chi connectivity index (χ3v) is 6.50. The number of piperidine rings is 1. The van der Waals surface area contributed by atoms with E-state index in [1.165, 1.54) is 0 Å². The smallest absolute Gasteiger partial charge is 0.384 e. The van der Waals surface area contributed by atoms with Gasteiger partial charge in [-0.1, -0.05) is 51.4 Å². The molecule has 0 spiro atoms. The maximum Gasteiger partial charge on any atom is 0.433 e. The molecule has 1 aliphatic heterocycles. The summed E-state index contributed by atoms with van der Waals surface area (Å²) < 4.78 is 39.0. The molecule has 6 nitrogen and oxygen atoms in total. The number of benzene rings is 1. The summed E-state index contributed by atoms with van der Waals surface area (Å²) in [5, 5.41) is 14.9. The van der Waals surface area contributed by atoms with Crippen molar-refractivity contribution in [3.63, 3.8) is 0 Å². The number of aliphatic hydroxyl groups is 1. The molecule has 1 saturated heterocycles. The maximum atomic E-state index is 13.4. The van der Waals surface area contributed by atoms with E-state index in [-0.39, 0.29) is 30.9 Å². The summed E-state index contributed by atoms with van der Waals surface area (Å²) in [6, 6.07) is 6.95. The second-order valence-corrected chi connectivity index (χ2v) is 9.83. The number of carbonyl (C=O) groups is 1. The van der Waals surface area contributed by atoms with Crippen molar-refractivity contribution < 1.29 is 23.1 Å². The van der Waals surface area contributed by atoms with Crippen LogP contribution in [0.3, 0.4) is 0 Å². The number of amides is 1. The first kappa shape index (κ1) is 25.2. The highest BCUT2D eigenvalue weighted by molar-refractivity contribution is 6.30. The molecule has 0 saturated carbocycles. The third kappa shape index (κ3) is 5.24. The minimum absolute atomic E-state index is 0.240. The minimum atomic E-state index is -4.61. The summed E-state index contributed by atoms with van der Waals surface area (Å²) in [5.41, 5.74) is -2.22. The Kier molecular flexibility index (Phi) is 6.96. The maximum absolute atomic E-state index is 13.4. The number of carbonyl (C=O) groups excluding carboxylic acids is 1. The van der Waals surface area contributed by atoms with Crippen molar-refractivity contribution in [1.82, 2.24) is 14.9 Å². The topological polar surface area (TPSA) is 78.4 Å². The molecule has 1 amide bonds. The fraction of sp³-hybridized carbons (Fsp3) is 0.522. The number of nitrogens with one attached hydrogen (secondary N) is 1. The third-order valence-electron chi connectivity index (χ3n) is 6.25. The van der Waals surface area contributed by atoms with Crippen LogP contribution in [0.1, 0.15) is 45.4 Å². The van der Waals surface area contributed by atoms with E-state index >= 15 is 0 Å². The fourth-order valence-corrected chi connectivity index (χ4v) is 4.33. The molecular weight excluding hydrogens is 457 g/mol. The Labute approximate surface area is 196 Å². The zero-order valence-corrected chi connectivity index (χ0v) is 19.7. The lowest BCUT2D eigenvalue weighted by atomic mass is 9.66. The van der Waals surface area contributed by atoms with Crippen molar-refractivity contribution in [1.29, 1.82) is 0 Å². The average Bonchev–Trinajstić information content (AvgIpc) is 2.73. The van der Waals surface area contributed by atoms with E-state index in [4.69, 9.17) is 11.6 Å². The van der Waals surface area contributed by atoms with Gasteiger partial charge in [-0.05, 0) is 36.1 Å². The molecule has 1 aromatic carbocycles. The van der Waals surface area contributed by atoms with Crippen molar-refractivity contribution in [3.05, 3.63) is 52.8 Å². The van der Waals surface area contributed by atoms with Gasteiger partial charge in [0.2, 0.25) is 11.9 Å². The number of anilines is 1. The number of hydrogen-bond donors (Lipinski definition) is 2. The van der Waals surface area contributed by atoms with Gasteiger partial charge in [0.05, 0.1) is 5.60 Å². The molecule has 10 heteroatoms. The molecule has 1 fully saturated rings. The Hall–Kier alpha value is -2.39. The molecule has 33 heavy (non-hydrogen) atoms. The molecule has 0 aliphatic carbocycles. The van der Waals surface area contributed by atoms with Crippen LogP contribution in [-0.2, 0) is 16.6 Å². The Bertz CT molecular complexity index is 998. The molecule has 0 unspecified atom stereocenters. The van der Waals surface area contributed by atoms with E-state index in [0.717, 1.165) is 17.8 Å². The van der Waals surface area contributed by atoms with Crippen LogP contribution in [0.15, 0.2) is 36.5 Å². The molecule has 180 valence electrons. The highest BCUT2D eigenvalue weighted by Gasteiger charge is 2.50. The zero-order chi connectivity index (χ0) is 24.6. The largest absolute Gasteiger partial charge is 0.433 e. The van der Waals surface area contributed by atoms with E-state index in [9.17, 15) is 23.1 Å². The van der Waals surface area contributed by atoms with Crippen LogP contribution in [0.25, 0.3) is 0 Å². The summed E-state index contributed by atoms with van der Waals surface area (Å²) in [5.74, 6) is -0.779. The van der Waals surface area contributed by atoms with E-state index in [1.807, 2.05) is 13.8 Å². The Morgan fingerprint density at radius 1 is 1.21 bits per heavy atom. The highest BCUT2D eigenvalue weighted by Crippen LogP contribution is 2.46. The van der Waals surface area contributed by atoms with E-state index < -0.39 is 28.9 Å². The summed E-state index contributed by atoms with van der Waals surface area (Å²) in [4.78, 5) is 22.4. The second-order valence-electron chi connectivity index (χ2n) is 9.39. The van der Waals surface area contributed by atoms with Gasteiger partial charge in [0.15, 0.2) is 0 Å². The number of alkyl halides is 3. The Morgan fingerprint density at radius 2 is 1.85 bits per heavy atom. The number of hydrogen-bond acceptors (Lipinski definition) is 5. The molecule has 1 aromatic heterocycles. The quantitative estimate of drug-likeness (QED) is 0.641. The first-order chi connectivity index (χ1) is 15.2. The van der Waals surface area contributed by atoms with Gasteiger partial charge in [0.1, 0.15) is 11.7 Å². The van der Waals surface area contributed by atoms with Crippen LogP contribution >= 0.6 is 11.6 Å². The van der Waals surface area contributed by atoms with E-state index in [2.05, 4.69) is 15.3 Å². The van der Waals surface area contributed by atoms with Gasteiger partial charge >= 0.3 is 6.18 Å². The lowest BCUT2D eigenvalue weighted by molar-refractivity contribution is -0.154. The standard InChI is InChI=1S/C23H28ClF3N4O2/c1-14(2)18(30-20-28-11-9-17(29-20)23(25,26)27)19(32)31-12-10-22(33,21(3,4)13-31)15-5-7-16(24)8-6-15/h5-9,11,14,18,33H,10,12-13H2,1-4H3,(H,28,29,30)/t18-,22+/m1/s1. The first-order valence-corrected chi connectivity index (χ1v) is 11.1. The molecule has 3 rings (SSSR count). The lowest BCUT2D eigenvalue weighted by Crippen LogP contribution is -2.59. The highest BCUT2D eigenvalue weighted by atomic mass is 35.5. The van der Waals surface area contributed by atoms with Crippen molar-refractivity contribution in [2.45, 2.75) is 51.9 Å². The van der Waals surface area contributed by atoms with Crippen LogP contribution in [0.2, 0.25) is 5.02 Å². The summed E-state index contributed by atoms with van der Waals surface area (Å²) in [6.07, 6.45) is -3.30. The Morgan fingerprint density at radius 3 is 2.39 bits per heavy atom. The molecule has 2 N–H and O–H groups in total. The van der Waals surface area contributed by atoms with Gasteiger partial charge in [0, 0.05) is 29.7 Å². The lowest BCUT2D eigenvalue weighted by Gasteiger charge is -2.51. The number of rotatable bonds is 5. The van der Waals surface area contributed by atoms with Gasteiger partial charge in [-0.2, -0.15) is 13.2 Å². The fourth-order valence-electron chi connectivity index (χ4n) is 4.21. The predicted molar refractivity (Wildman–Crippen MR) is 120 cm³/mol. The summed E-state index contributed by atoms with van der Waals surface area (Å²) >= 11 is 5.98. The summed E-state index contributed by atoms with van der Waals surface area (Å²) in [6.45, 7) is 7.91. The van der Waals surface area contributed by atoms with Crippen molar-refractivity contribution in [3.8, 4) is 0 Å². The van der Waals surface area contributed by atoms with Gasteiger partial charge in [-0.3, -0.25) is 4.79 Å². The van der Waals surface area contributed by atoms with Crippen molar-refractivity contribution >= 4 is 23.5 Å². The predicted octanol–water partition coefficient (Wildman–Crippen LogP) is 4.73. The molecule has 2 heterocycles. The van der Waals surface area contributed by atoms with E-state index in [0.29, 0.717) is 11.4 Å². The summed E-state index contributed by atoms with van der Waals surface area (Å²) in [7, 11) is 0. The average molecular weight is 485 g/mol. The van der Waals surface area contributed by atoms with Crippen LogP contribution in [0, 0.1) is 11.3 Å². The van der Waals surface area contributed by atoms with Crippen molar-refractivity contribution in [2.75, 3.05) is 18.4 Å². The second kappa shape index (κ2) is 9.10. The van der Waals surface area contributed by atoms with Gasteiger partial charge in [0.25, 0.3) is 0 Å². The first-order valence-electron chi connectivity index (χ1n) is 10.7. The number of likely N-dealkylation sites (tertiary alicyclic amines) is 1. The number of aromatic nitrogens is 2. The van der Waals surface area contributed by atoms with E-state index in [1.54, 1.807) is 43.0 Å². The zero-order valence-electron chi connectivity index (χ0n) is 18.9. The molecule has 1 aliphatic rings.